The maximum absolute atomic E-state index is 13.6. The third-order valence-corrected chi connectivity index (χ3v) is 7.39. The zero-order chi connectivity index (χ0) is 33.7. The molecule has 1 heterocycles. The second-order valence-electron chi connectivity index (χ2n) is 12.3. The predicted octanol–water partition coefficient (Wildman–Crippen LogP) is 4.85. The third-order valence-electron chi connectivity index (χ3n) is 7.39. The van der Waals surface area contributed by atoms with E-state index in [4.69, 9.17) is 9.47 Å². The molecule has 46 heavy (non-hydrogen) atoms. The molecule has 3 rings (SSSR count). The molecule has 0 aliphatic heterocycles. The highest BCUT2D eigenvalue weighted by Gasteiger charge is 2.31. The maximum Gasteiger partial charge on any atom is 0.422 e. The molecule has 0 aliphatic rings. The normalized spacial score (nSPS) is 14.0. The number of carbonyl (C=O) groups excluding carboxylic acids is 3. The van der Waals surface area contributed by atoms with Crippen LogP contribution in [0.5, 0.6) is 0 Å². The summed E-state index contributed by atoms with van der Waals surface area (Å²) in [5, 5.41) is 18.8. The SMILES string of the molecule is CC[C@H](C)[C@H](NC(=O)OC)C(=O)N[C@@H](Cc1ccccc1)[C@@H](O)CN(Cc1ccc(-c2ccccn2)cc1)NC(=O)OC(C)(C)C. The van der Waals surface area contributed by atoms with Gasteiger partial charge in [-0.15, -0.1) is 0 Å². The lowest BCUT2D eigenvalue weighted by molar-refractivity contribution is -0.126. The predicted molar refractivity (Wildman–Crippen MR) is 176 cm³/mol. The fourth-order valence-electron chi connectivity index (χ4n) is 4.78. The van der Waals surface area contributed by atoms with Crippen LogP contribution < -0.4 is 16.1 Å². The molecule has 11 nitrogen and oxygen atoms in total. The summed E-state index contributed by atoms with van der Waals surface area (Å²) in [6.07, 6.45) is 0.134. The van der Waals surface area contributed by atoms with E-state index in [1.807, 2.05) is 86.6 Å². The van der Waals surface area contributed by atoms with E-state index in [1.54, 1.807) is 32.0 Å². The Morgan fingerprint density at radius 1 is 0.913 bits per heavy atom. The number of hydrogen-bond donors (Lipinski definition) is 4. The van der Waals surface area contributed by atoms with Crippen LogP contribution in [0.15, 0.2) is 79.0 Å². The minimum absolute atomic E-state index is 0.0442. The zero-order valence-electron chi connectivity index (χ0n) is 27.5. The summed E-state index contributed by atoms with van der Waals surface area (Å²) in [5.41, 5.74) is 5.57. The Bertz CT molecular complexity index is 1380. The Balaban J connectivity index is 1.86. The van der Waals surface area contributed by atoms with Gasteiger partial charge in [-0.3, -0.25) is 15.2 Å². The number of nitrogens with one attached hydrogen (secondary N) is 3. The van der Waals surface area contributed by atoms with Crippen LogP contribution in [0.25, 0.3) is 11.3 Å². The number of hydrazine groups is 1. The number of alkyl carbamates (subject to hydrolysis) is 1. The van der Waals surface area contributed by atoms with Gasteiger partial charge in [0, 0.05) is 24.8 Å². The van der Waals surface area contributed by atoms with Crippen molar-refractivity contribution in [3.05, 3.63) is 90.1 Å². The fraction of sp³-hybridized carbons (Fsp3) is 0.429. The van der Waals surface area contributed by atoms with Gasteiger partial charge in [-0.1, -0.05) is 80.9 Å². The molecular weight excluding hydrogens is 586 g/mol. The number of methoxy groups -OCH3 is 1. The van der Waals surface area contributed by atoms with Crippen molar-refractivity contribution in [3.63, 3.8) is 0 Å². The number of rotatable bonds is 14. The first-order valence-electron chi connectivity index (χ1n) is 15.5. The minimum Gasteiger partial charge on any atom is -0.453 e. The summed E-state index contributed by atoms with van der Waals surface area (Å²) in [5.74, 6) is -0.649. The van der Waals surface area contributed by atoms with Crippen LogP contribution in [-0.4, -0.2) is 70.6 Å². The van der Waals surface area contributed by atoms with Gasteiger partial charge in [0.05, 0.1) is 24.9 Å². The van der Waals surface area contributed by atoms with Crippen LogP contribution >= 0.6 is 0 Å². The van der Waals surface area contributed by atoms with E-state index < -0.39 is 41.9 Å². The number of pyridine rings is 1. The number of aliphatic hydroxyl groups excluding tert-OH is 1. The molecule has 3 aromatic rings. The van der Waals surface area contributed by atoms with Gasteiger partial charge in [-0.2, -0.15) is 0 Å². The number of nitrogens with zero attached hydrogens (tertiary/aromatic N) is 2. The highest BCUT2D eigenvalue weighted by Crippen LogP contribution is 2.18. The van der Waals surface area contributed by atoms with Crippen molar-refractivity contribution in [2.75, 3.05) is 13.7 Å². The van der Waals surface area contributed by atoms with Crippen molar-refractivity contribution in [2.45, 2.75) is 77.8 Å². The molecule has 4 N–H and O–H groups in total. The van der Waals surface area contributed by atoms with E-state index in [9.17, 15) is 19.5 Å². The van der Waals surface area contributed by atoms with Crippen molar-refractivity contribution in [3.8, 4) is 11.3 Å². The summed E-state index contributed by atoms with van der Waals surface area (Å²) in [4.78, 5) is 42.9. The molecule has 0 saturated carbocycles. The molecule has 0 radical (unpaired) electrons. The molecular formula is C35H47N5O6. The van der Waals surface area contributed by atoms with Crippen molar-refractivity contribution in [1.29, 1.82) is 0 Å². The lowest BCUT2D eigenvalue weighted by Gasteiger charge is -2.32. The van der Waals surface area contributed by atoms with E-state index in [-0.39, 0.29) is 19.0 Å². The molecule has 0 aliphatic carbocycles. The fourth-order valence-corrected chi connectivity index (χ4v) is 4.78. The summed E-state index contributed by atoms with van der Waals surface area (Å²) in [6.45, 7) is 9.27. The van der Waals surface area contributed by atoms with E-state index in [1.165, 1.54) is 7.11 Å². The molecule has 11 heteroatoms. The van der Waals surface area contributed by atoms with Crippen LogP contribution in [0.3, 0.4) is 0 Å². The molecule has 1 aromatic heterocycles. The Kier molecular flexibility index (Phi) is 13.5. The van der Waals surface area contributed by atoms with Crippen LogP contribution in [-0.2, 0) is 27.2 Å². The third kappa shape index (κ3) is 11.8. The number of carbonyl (C=O) groups is 3. The summed E-state index contributed by atoms with van der Waals surface area (Å²) in [7, 11) is 1.24. The highest BCUT2D eigenvalue weighted by atomic mass is 16.6. The summed E-state index contributed by atoms with van der Waals surface area (Å²) in [6, 6.07) is 21.3. The molecule has 4 atom stereocenters. The van der Waals surface area contributed by atoms with Gasteiger partial charge in [-0.05, 0) is 56.4 Å². The summed E-state index contributed by atoms with van der Waals surface area (Å²) < 4.78 is 10.2. The topological polar surface area (TPSA) is 142 Å². The molecule has 0 spiro atoms. The van der Waals surface area contributed by atoms with Crippen LogP contribution in [0.4, 0.5) is 9.59 Å². The van der Waals surface area contributed by atoms with E-state index in [2.05, 4.69) is 21.0 Å². The zero-order valence-corrected chi connectivity index (χ0v) is 27.5. The molecule has 0 bridgehead atoms. The van der Waals surface area contributed by atoms with Gasteiger partial charge in [0.25, 0.3) is 0 Å². The first-order chi connectivity index (χ1) is 21.9. The first-order valence-corrected chi connectivity index (χ1v) is 15.5. The van der Waals surface area contributed by atoms with Crippen molar-refractivity contribution in [1.82, 2.24) is 26.1 Å². The number of amides is 3. The number of aliphatic hydroxyl groups is 1. The molecule has 0 unspecified atom stereocenters. The standard InChI is InChI=1S/C35H47N5O6/c1-7-24(2)31(38-33(43)45-6)32(42)37-29(21-25-13-9-8-10-14-25)30(41)23-40(39-34(44)46-35(3,4)5)22-26-16-18-27(19-17-26)28-15-11-12-20-36-28/h8-20,24,29-31,41H,7,21-23H2,1-6H3,(H,37,42)(H,38,43)(H,39,44)/t24-,29-,30-,31-/m0/s1. The second-order valence-corrected chi connectivity index (χ2v) is 12.3. The quantitative estimate of drug-likeness (QED) is 0.185. The van der Waals surface area contributed by atoms with Gasteiger partial charge in [-0.25, -0.2) is 14.6 Å². The monoisotopic (exact) mass is 633 g/mol. The Morgan fingerprint density at radius 2 is 1.59 bits per heavy atom. The van der Waals surface area contributed by atoms with Gasteiger partial charge < -0.3 is 25.2 Å². The highest BCUT2D eigenvalue weighted by molar-refractivity contribution is 5.86. The lowest BCUT2D eigenvalue weighted by Crippen LogP contribution is -2.57. The second kappa shape index (κ2) is 17.3. The van der Waals surface area contributed by atoms with E-state index in [0.717, 1.165) is 22.4 Å². The molecule has 0 saturated heterocycles. The van der Waals surface area contributed by atoms with Crippen LogP contribution in [0.2, 0.25) is 0 Å². The molecule has 3 amide bonds. The number of benzene rings is 2. The van der Waals surface area contributed by atoms with E-state index >= 15 is 0 Å². The average molecular weight is 634 g/mol. The largest absolute Gasteiger partial charge is 0.453 e. The smallest absolute Gasteiger partial charge is 0.422 e. The van der Waals surface area contributed by atoms with Gasteiger partial charge in [0.2, 0.25) is 5.91 Å². The molecule has 0 fully saturated rings. The van der Waals surface area contributed by atoms with Gasteiger partial charge >= 0.3 is 12.2 Å². The number of aromatic nitrogens is 1. The Morgan fingerprint density at radius 3 is 2.17 bits per heavy atom. The van der Waals surface area contributed by atoms with Crippen molar-refractivity contribution in [2.24, 2.45) is 5.92 Å². The number of ether oxygens (including phenoxy) is 2. The summed E-state index contributed by atoms with van der Waals surface area (Å²) >= 11 is 0. The van der Waals surface area contributed by atoms with Crippen molar-refractivity contribution < 1.29 is 29.0 Å². The van der Waals surface area contributed by atoms with Crippen LogP contribution in [0.1, 0.15) is 52.2 Å². The maximum atomic E-state index is 13.6. The average Bonchev–Trinajstić information content (AvgIpc) is 3.03. The molecule has 248 valence electrons. The Hall–Kier alpha value is -4.48. The lowest BCUT2D eigenvalue weighted by atomic mass is 9.96. The van der Waals surface area contributed by atoms with Crippen molar-refractivity contribution >= 4 is 18.1 Å². The minimum atomic E-state index is -1.14. The van der Waals surface area contributed by atoms with E-state index in [0.29, 0.717) is 12.8 Å². The number of hydrogen-bond acceptors (Lipinski definition) is 8. The first kappa shape index (κ1) is 36.0. The van der Waals surface area contributed by atoms with Gasteiger partial charge in [0.15, 0.2) is 0 Å². The van der Waals surface area contributed by atoms with Crippen LogP contribution in [0, 0.1) is 5.92 Å². The van der Waals surface area contributed by atoms with Gasteiger partial charge in [0.1, 0.15) is 11.6 Å². The Labute approximate surface area is 271 Å². The molecule has 2 aromatic carbocycles.